The molecule has 11 heteroatoms. The number of halogens is 3. The first-order chi connectivity index (χ1) is 16.8. The maximum Gasteiger partial charge on any atom is 0.251 e. The maximum absolute atomic E-state index is 15.0. The lowest BCUT2D eigenvalue weighted by Gasteiger charge is -2.17. The van der Waals surface area contributed by atoms with E-state index in [-0.39, 0.29) is 57.2 Å². The Morgan fingerprint density at radius 3 is 2.89 bits per heavy atom. The van der Waals surface area contributed by atoms with E-state index >= 15 is 4.39 Å². The van der Waals surface area contributed by atoms with Gasteiger partial charge in [0.2, 0.25) is 5.91 Å². The molecule has 1 aliphatic carbocycles. The van der Waals surface area contributed by atoms with Gasteiger partial charge in [0.25, 0.3) is 5.88 Å². The van der Waals surface area contributed by atoms with Gasteiger partial charge in [0, 0.05) is 19.0 Å². The highest BCUT2D eigenvalue weighted by molar-refractivity contribution is 6.32. The summed E-state index contributed by atoms with van der Waals surface area (Å²) in [6, 6.07) is 4.24. The van der Waals surface area contributed by atoms with E-state index in [2.05, 4.69) is 26.8 Å². The Kier molecular flexibility index (Phi) is 5.92. The van der Waals surface area contributed by atoms with Crippen LogP contribution in [0.5, 0.6) is 11.6 Å². The summed E-state index contributed by atoms with van der Waals surface area (Å²) in [6.07, 6.45) is 4.29. The second kappa shape index (κ2) is 8.92. The molecule has 1 atom stereocenters. The molecule has 1 N–H and O–H groups in total. The van der Waals surface area contributed by atoms with Gasteiger partial charge in [-0.05, 0) is 38.0 Å². The number of nitrogens with one attached hydrogen (secondary N) is 1. The van der Waals surface area contributed by atoms with Gasteiger partial charge in [0.05, 0.1) is 17.7 Å². The number of carbonyl (C=O) groups is 1. The van der Waals surface area contributed by atoms with Gasteiger partial charge in [-0.3, -0.25) is 4.79 Å². The van der Waals surface area contributed by atoms with Gasteiger partial charge < -0.3 is 19.7 Å². The SMILES string of the molecule is C=CC(=O)N1CC[C@H](Oc2nc3c(Nc4ccc(OC5(C)CC5)c(Cl)c4F)ncnc3cc2F)C1. The summed E-state index contributed by atoms with van der Waals surface area (Å²) in [7, 11) is 0. The van der Waals surface area contributed by atoms with Crippen molar-refractivity contribution in [2.75, 3.05) is 18.4 Å². The zero-order valence-corrected chi connectivity index (χ0v) is 19.6. The number of ether oxygens (including phenoxy) is 2. The molecule has 2 fully saturated rings. The zero-order chi connectivity index (χ0) is 24.7. The van der Waals surface area contributed by atoms with Crippen LogP contribution in [0.2, 0.25) is 5.02 Å². The highest BCUT2D eigenvalue weighted by Crippen LogP contribution is 2.43. The van der Waals surface area contributed by atoms with Crippen molar-refractivity contribution in [1.82, 2.24) is 19.9 Å². The van der Waals surface area contributed by atoms with Gasteiger partial charge in [-0.15, -0.1) is 0 Å². The molecule has 1 saturated carbocycles. The van der Waals surface area contributed by atoms with E-state index in [1.165, 1.54) is 24.5 Å². The molecule has 182 valence electrons. The minimum Gasteiger partial charge on any atom is -0.486 e. The lowest BCUT2D eigenvalue weighted by atomic mass is 10.2. The van der Waals surface area contributed by atoms with Crippen molar-refractivity contribution < 1.29 is 23.0 Å². The molecule has 1 aromatic carbocycles. The molecule has 0 radical (unpaired) electrons. The van der Waals surface area contributed by atoms with Crippen LogP contribution in [0, 0.1) is 11.6 Å². The molecular weight excluding hydrogens is 480 g/mol. The Balaban J connectivity index is 1.41. The number of anilines is 2. The van der Waals surface area contributed by atoms with Crippen molar-refractivity contribution in [1.29, 1.82) is 0 Å². The average molecular weight is 502 g/mol. The van der Waals surface area contributed by atoms with Crippen LogP contribution in [0.25, 0.3) is 11.0 Å². The topological polar surface area (TPSA) is 89.5 Å². The largest absolute Gasteiger partial charge is 0.486 e. The van der Waals surface area contributed by atoms with Crippen molar-refractivity contribution in [2.45, 2.75) is 37.9 Å². The van der Waals surface area contributed by atoms with E-state index in [4.69, 9.17) is 21.1 Å². The van der Waals surface area contributed by atoms with Gasteiger partial charge in [-0.2, -0.15) is 0 Å². The minimum absolute atomic E-state index is 0.0475. The molecule has 3 aromatic rings. The first-order valence-corrected chi connectivity index (χ1v) is 11.5. The number of fused-ring (bicyclic) bond motifs is 1. The van der Waals surface area contributed by atoms with E-state index in [1.54, 1.807) is 11.0 Å². The standard InChI is InChI=1S/C24H22ClF2N5O3/c1-3-18(33)32-9-6-13(11-32)34-23-14(26)10-16-21(31-23)22(29-12-28-16)30-15-4-5-17(19(25)20(15)27)35-24(2)7-8-24/h3-5,10,12-13H,1,6-9,11H2,2H3,(H,28,29,30)/t13-/m0/s1. The number of carbonyl (C=O) groups excluding carboxylic acids is 1. The highest BCUT2D eigenvalue weighted by Gasteiger charge is 2.40. The molecule has 8 nitrogen and oxygen atoms in total. The van der Waals surface area contributed by atoms with Crippen LogP contribution in [0.4, 0.5) is 20.3 Å². The van der Waals surface area contributed by atoms with Gasteiger partial charge in [0.1, 0.15) is 34.3 Å². The number of nitrogens with zero attached hydrogens (tertiary/aromatic N) is 4. The van der Waals surface area contributed by atoms with Gasteiger partial charge in [0.15, 0.2) is 17.5 Å². The monoisotopic (exact) mass is 501 g/mol. The van der Waals surface area contributed by atoms with E-state index < -0.39 is 17.7 Å². The number of benzene rings is 1. The summed E-state index contributed by atoms with van der Waals surface area (Å²) in [5.74, 6) is -1.48. The lowest BCUT2D eigenvalue weighted by Crippen LogP contribution is -2.29. The van der Waals surface area contributed by atoms with Crippen molar-refractivity contribution in [3.8, 4) is 11.6 Å². The minimum atomic E-state index is -0.711. The number of rotatable bonds is 7. The van der Waals surface area contributed by atoms with E-state index in [0.717, 1.165) is 12.8 Å². The summed E-state index contributed by atoms with van der Waals surface area (Å²) in [5, 5.41) is 2.71. The van der Waals surface area contributed by atoms with Crippen LogP contribution in [-0.2, 0) is 4.79 Å². The predicted molar refractivity (Wildman–Crippen MR) is 126 cm³/mol. The van der Waals surface area contributed by atoms with Crippen LogP contribution in [0.15, 0.2) is 37.2 Å². The van der Waals surface area contributed by atoms with E-state index in [9.17, 15) is 9.18 Å². The predicted octanol–water partition coefficient (Wildman–Crippen LogP) is 4.80. The first-order valence-electron chi connectivity index (χ1n) is 11.1. The van der Waals surface area contributed by atoms with Crippen molar-refractivity contribution in [3.05, 3.63) is 53.8 Å². The van der Waals surface area contributed by atoms with E-state index in [0.29, 0.717) is 13.0 Å². The summed E-state index contributed by atoms with van der Waals surface area (Å²) < 4.78 is 41.3. The maximum atomic E-state index is 15.0. The number of hydrogen-bond acceptors (Lipinski definition) is 7. The Morgan fingerprint density at radius 1 is 1.34 bits per heavy atom. The van der Waals surface area contributed by atoms with Crippen LogP contribution < -0.4 is 14.8 Å². The Labute approximate surface area is 204 Å². The molecule has 1 saturated heterocycles. The third kappa shape index (κ3) is 4.70. The van der Waals surface area contributed by atoms with Crippen molar-refractivity contribution in [2.24, 2.45) is 0 Å². The molecule has 0 bridgehead atoms. The Bertz CT molecular complexity index is 1330. The molecule has 3 heterocycles. The average Bonchev–Trinajstić information content (AvgIpc) is 3.38. The summed E-state index contributed by atoms with van der Waals surface area (Å²) in [5.41, 5.74) is 0.122. The van der Waals surface area contributed by atoms with Gasteiger partial charge in [-0.1, -0.05) is 18.2 Å². The molecule has 35 heavy (non-hydrogen) atoms. The molecule has 5 rings (SSSR count). The number of hydrogen-bond donors (Lipinski definition) is 1. The fraction of sp³-hybridized carbons (Fsp3) is 0.333. The number of amides is 1. The fourth-order valence-corrected chi connectivity index (χ4v) is 4.01. The van der Waals surface area contributed by atoms with Gasteiger partial charge >= 0.3 is 0 Å². The van der Waals surface area contributed by atoms with Crippen molar-refractivity contribution in [3.63, 3.8) is 0 Å². The normalized spacial score (nSPS) is 18.4. The molecule has 2 aliphatic rings. The molecule has 2 aromatic heterocycles. The van der Waals surface area contributed by atoms with Crippen LogP contribution >= 0.6 is 11.6 Å². The third-order valence-corrected chi connectivity index (χ3v) is 6.40. The summed E-state index contributed by atoms with van der Waals surface area (Å²) in [4.78, 5) is 25.8. The summed E-state index contributed by atoms with van der Waals surface area (Å²) >= 11 is 6.21. The molecule has 0 unspecified atom stereocenters. The van der Waals surface area contributed by atoms with Crippen LogP contribution in [0.3, 0.4) is 0 Å². The quantitative estimate of drug-likeness (QED) is 0.465. The second-order valence-electron chi connectivity index (χ2n) is 8.80. The highest BCUT2D eigenvalue weighted by atomic mass is 35.5. The number of likely N-dealkylation sites (tertiary alicyclic amines) is 1. The third-order valence-electron chi connectivity index (χ3n) is 6.05. The van der Waals surface area contributed by atoms with Crippen LogP contribution in [0.1, 0.15) is 26.2 Å². The smallest absolute Gasteiger partial charge is 0.251 e. The van der Waals surface area contributed by atoms with Crippen LogP contribution in [-0.4, -0.2) is 50.6 Å². The number of aromatic nitrogens is 3. The zero-order valence-electron chi connectivity index (χ0n) is 18.9. The lowest BCUT2D eigenvalue weighted by molar-refractivity contribution is -0.125. The Hall–Kier alpha value is -3.53. The van der Waals surface area contributed by atoms with Gasteiger partial charge in [-0.25, -0.2) is 23.7 Å². The van der Waals surface area contributed by atoms with Crippen molar-refractivity contribution >= 4 is 40.0 Å². The van der Waals surface area contributed by atoms with E-state index in [1.807, 2.05) is 6.92 Å². The molecule has 1 aliphatic heterocycles. The summed E-state index contributed by atoms with van der Waals surface area (Å²) in [6.45, 7) is 6.17. The second-order valence-corrected chi connectivity index (χ2v) is 9.18. The number of pyridine rings is 1. The molecule has 0 spiro atoms. The fourth-order valence-electron chi connectivity index (χ4n) is 3.81. The first kappa shape index (κ1) is 23.2. The molecule has 1 amide bonds. The Morgan fingerprint density at radius 2 is 2.14 bits per heavy atom. The molecular formula is C24H22ClF2N5O3.